The van der Waals surface area contributed by atoms with Crippen LogP contribution in [0.4, 0.5) is 0 Å². The second-order valence-electron chi connectivity index (χ2n) is 10.8. The summed E-state index contributed by atoms with van der Waals surface area (Å²) in [6.45, 7) is 13.0. The normalized spacial score (nSPS) is 17.9. The lowest BCUT2D eigenvalue weighted by Gasteiger charge is -2.29. The molecule has 2 heterocycles. The molecule has 1 atom stereocenters. The van der Waals surface area contributed by atoms with Crippen molar-refractivity contribution in [1.82, 2.24) is 4.90 Å². The lowest BCUT2D eigenvalue weighted by molar-refractivity contribution is -0.896. The molecule has 0 spiro atoms. The Morgan fingerprint density at radius 2 is 1.78 bits per heavy atom. The molecule has 0 radical (unpaired) electrons. The molecule has 1 amide bonds. The van der Waals surface area contributed by atoms with E-state index in [1.54, 1.807) is 37.4 Å². The van der Waals surface area contributed by atoms with Gasteiger partial charge in [-0.3, -0.25) is 9.59 Å². The molecule has 2 aliphatic rings. The van der Waals surface area contributed by atoms with Gasteiger partial charge in [-0.15, -0.1) is 0 Å². The van der Waals surface area contributed by atoms with Crippen molar-refractivity contribution in [2.45, 2.75) is 46.6 Å². The van der Waals surface area contributed by atoms with E-state index in [1.165, 1.54) is 9.80 Å². The van der Waals surface area contributed by atoms with Gasteiger partial charge in [0.05, 0.1) is 39.4 Å². The van der Waals surface area contributed by atoms with Gasteiger partial charge in [0.1, 0.15) is 13.2 Å². The molecule has 222 valence electrons. The van der Waals surface area contributed by atoms with Crippen LogP contribution >= 0.6 is 0 Å². The van der Waals surface area contributed by atoms with Crippen LogP contribution in [-0.4, -0.2) is 69.7 Å². The number of rotatable bonds is 13. The standard InChI is InChI=1S/C32H42N2O7/c1-6-33(7-2)14-8-15-34-29(22-9-11-24(26(19-22)38-5)39-16-13-21(3)4)28(31(36)32(34)37)30(35)23-10-12-25-27(20-23)41-18-17-40-25/h9-12,19-21,29,35H,6-8,13-18H2,1-5H3. The van der Waals surface area contributed by atoms with Crippen LogP contribution in [0.15, 0.2) is 42.0 Å². The molecule has 9 nitrogen and oxygen atoms in total. The quantitative estimate of drug-likeness (QED) is 0.226. The topological polar surface area (TPSA) is 102 Å². The third kappa shape index (κ3) is 6.78. The first-order valence-electron chi connectivity index (χ1n) is 14.6. The number of ether oxygens (including phenoxy) is 4. The van der Waals surface area contributed by atoms with Crippen LogP contribution in [0.3, 0.4) is 0 Å². The maximum Gasteiger partial charge on any atom is 0.295 e. The third-order valence-electron chi connectivity index (χ3n) is 7.72. The fourth-order valence-corrected chi connectivity index (χ4v) is 5.27. The number of nitrogens with zero attached hydrogens (tertiary/aromatic N) is 1. The van der Waals surface area contributed by atoms with Gasteiger partial charge in [0, 0.05) is 18.5 Å². The highest BCUT2D eigenvalue weighted by Gasteiger charge is 2.44. The summed E-state index contributed by atoms with van der Waals surface area (Å²) in [5.41, 5.74) is 0.816. The number of Topliss-reactive ketones (excluding diaryl/α,β-unsaturated/α-hetero) is 1. The van der Waals surface area contributed by atoms with Crippen molar-refractivity contribution >= 4 is 17.4 Å². The van der Waals surface area contributed by atoms with Crippen LogP contribution in [-0.2, 0) is 9.59 Å². The Morgan fingerprint density at radius 1 is 1.05 bits per heavy atom. The number of benzene rings is 2. The predicted octanol–water partition coefficient (Wildman–Crippen LogP) is 2.43. The Balaban J connectivity index is 1.74. The molecule has 0 aliphatic carbocycles. The zero-order valence-electron chi connectivity index (χ0n) is 24.8. The van der Waals surface area contributed by atoms with E-state index in [9.17, 15) is 14.7 Å². The molecule has 41 heavy (non-hydrogen) atoms. The molecule has 9 heteroatoms. The maximum atomic E-state index is 13.9. The highest BCUT2D eigenvalue weighted by atomic mass is 16.6. The molecule has 0 saturated carbocycles. The van der Waals surface area contributed by atoms with Crippen LogP contribution in [0.1, 0.15) is 57.7 Å². The third-order valence-corrected chi connectivity index (χ3v) is 7.72. The van der Waals surface area contributed by atoms with Crippen molar-refractivity contribution in [3.8, 4) is 23.0 Å². The molecular formula is C32H42N2O7. The molecule has 4 rings (SSSR count). The van der Waals surface area contributed by atoms with Crippen molar-refractivity contribution < 1.29 is 38.5 Å². The van der Waals surface area contributed by atoms with Crippen molar-refractivity contribution in [1.29, 1.82) is 0 Å². The predicted molar refractivity (Wildman–Crippen MR) is 153 cm³/mol. The summed E-state index contributed by atoms with van der Waals surface area (Å²) >= 11 is 0. The van der Waals surface area contributed by atoms with Crippen LogP contribution in [0, 0.1) is 5.92 Å². The van der Waals surface area contributed by atoms with E-state index in [0.717, 1.165) is 26.1 Å². The number of likely N-dealkylation sites (tertiary alicyclic amines) is 1. The molecule has 0 bridgehead atoms. The van der Waals surface area contributed by atoms with E-state index < -0.39 is 23.5 Å². The first kappa shape index (κ1) is 30.2. The van der Waals surface area contributed by atoms with Gasteiger partial charge in [-0.05, 0) is 61.6 Å². The second kappa shape index (κ2) is 13.8. The van der Waals surface area contributed by atoms with Gasteiger partial charge < -0.3 is 33.9 Å². The van der Waals surface area contributed by atoms with Gasteiger partial charge in [0.2, 0.25) is 5.78 Å². The fraction of sp³-hybridized carbons (Fsp3) is 0.500. The van der Waals surface area contributed by atoms with Crippen LogP contribution < -0.4 is 29.0 Å². The van der Waals surface area contributed by atoms with Crippen molar-refractivity contribution in [2.24, 2.45) is 5.92 Å². The van der Waals surface area contributed by atoms with Crippen molar-refractivity contribution in [2.75, 3.05) is 53.1 Å². The molecule has 2 aromatic carbocycles. The van der Waals surface area contributed by atoms with Crippen LogP contribution in [0.25, 0.3) is 5.76 Å². The van der Waals surface area contributed by atoms with Crippen LogP contribution in [0.5, 0.6) is 23.0 Å². The number of hydrogen-bond acceptors (Lipinski definition) is 7. The minimum atomic E-state index is -0.846. The van der Waals surface area contributed by atoms with Gasteiger partial charge in [-0.25, -0.2) is 0 Å². The Morgan fingerprint density at radius 3 is 2.46 bits per heavy atom. The highest BCUT2D eigenvalue weighted by Crippen LogP contribution is 2.42. The SMILES string of the molecule is CC[NH+](CC)CCCN1C(=O)C(=O)C(=C([O-])c2ccc3c(c2)OCCO3)C1c1ccc(OCCC(C)C)c(OC)c1. The molecule has 1 saturated heterocycles. The fourth-order valence-electron chi connectivity index (χ4n) is 5.27. The Hall–Kier alpha value is -3.72. The Labute approximate surface area is 242 Å². The van der Waals surface area contributed by atoms with E-state index in [4.69, 9.17) is 18.9 Å². The van der Waals surface area contributed by atoms with Gasteiger partial charge in [0.15, 0.2) is 23.0 Å². The summed E-state index contributed by atoms with van der Waals surface area (Å²) in [5.74, 6) is 0.592. The molecule has 1 unspecified atom stereocenters. The Bertz CT molecular complexity index is 1270. The van der Waals surface area contributed by atoms with Gasteiger partial charge in [-0.2, -0.15) is 0 Å². The minimum Gasteiger partial charge on any atom is -0.872 e. The number of quaternary nitrogens is 1. The average Bonchev–Trinajstić information content (AvgIpc) is 3.23. The lowest BCUT2D eigenvalue weighted by atomic mass is 9.94. The second-order valence-corrected chi connectivity index (χ2v) is 10.8. The summed E-state index contributed by atoms with van der Waals surface area (Å²) in [6.07, 6.45) is 1.59. The highest BCUT2D eigenvalue weighted by molar-refractivity contribution is 6.46. The molecule has 2 aliphatic heterocycles. The summed E-state index contributed by atoms with van der Waals surface area (Å²) in [6, 6.07) is 9.36. The molecular weight excluding hydrogens is 524 g/mol. The molecule has 1 fully saturated rings. The number of methoxy groups -OCH3 is 1. The first-order valence-corrected chi connectivity index (χ1v) is 14.6. The number of amides is 1. The van der Waals surface area contributed by atoms with E-state index in [0.29, 0.717) is 67.3 Å². The summed E-state index contributed by atoms with van der Waals surface area (Å²) < 4.78 is 22.9. The van der Waals surface area contributed by atoms with Crippen molar-refractivity contribution in [3.05, 3.63) is 53.1 Å². The number of hydrogen-bond donors (Lipinski definition) is 1. The van der Waals surface area contributed by atoms with E-state index >= 15 is 0 Å². The zero-order valence-corrected chi connectivity index (χ0v) is 24.8. The van der Waals surface area contributed by atoms with Gasteiger partial charge >= 0.3 is 0 Å². The molecule has 1 N–H and O–H groups in total. The monoisotopic (exact) mass is 566 g/mol. The zero-order chi connectivity index (χ0) is 29.5. The summed E-state index contributed by atoms with van der Waals surface area (Å²) in [4.78, 5) is 29.8. The average molecular weight is 567 g/mol. The number of carbonyl (C=O) groups excluding carboxylic acids is 2. The maximum absolute atomic E-state index is 13.9. The van der Waals surface area contributed by atoms with Crippen LogP contribution in [0.2, 0.25) is 0 Å². The van der Waals surface area contributed by atoms with E-state index in [-0.39, 0.29) is 11.1 Å². The Kier molecular flexibility index (Phi) is 10.2. The molecule has 0 aromatic heterocycles. The first-order chi connectivity index (χ1) is 19.8. The van der Waals surface area contributed by atoms with Gasteiger partial charge in [-0.1, -0.05) is 31.7 Å². The molecule has 2 aromatic rings. The van der Waals surface area contributed by atoms with Crippen molar-refractivity contribution in [3.63, 3.8) is 0 Å². The van der Waals surface area contributed by atoms with E-state index in [2.05, 4.69) is 27.7 Å². The number of ketones is 1. The number of nitrogens with one attached hydrogen (secondary N) is 1. The largest absolute Gasteiger partial charge is 0.872 e. The lowest BCUT2D eigenvalue weighted by Crippen LogP contribution is -3.11. The smallest absolute Gasteiger partial charge is 0.295 e. The summed E-state index contributed by atoms with van der Waals surface area (Å²) in [7, 11) is 1.55. The minimum absolute atomic E-state index is 0.0719. The number of fused-ring (bicyclic) bond motifs is 1. The number of carbonyl (C=O) groups is 2. The van der Waals surface area contributed by atoms with Gasteiger partial charge in [0.25, 0.3) is 5.91 Å². The summed E-state index contributed by atoms with van der Waals surface area (Å²) in [5, 5.41) is 13.9. The van der Waals surface area contributed by atoms with E-state index in [1.807, 2.05) is 6.07 Å².